The van der Waals surface area contributed by atoms with E-state index in [4.69, 9.17) is 27.5 Å². The largest absolute Gasteiger partial charge is 0.493 e. The number of guanidine groups is 1. The lowest BCUT2D eigenvalue weighted by Crippen LogP contribution is -2.38. The van der Waals surface area contributed by atoms with Crippen LogP contribution in [0, 0.1) is 5.41 Å². The number of nitrogens with zero attached hydrogens (tertiary/aromatic N) is 2. The summed E-state index contributed by atoms with van der Waals surface area (Å²) in [5, 5.41) is 8.55. The number of rotatable bonds is 6. The lowest BCUT2D eigenvalue weighted by molar-refractivity contribution is 0.0864. The van der Waals surface area contributed by atoms with Gasteiger partial charge >= 0.3 is 0 Å². The number of aromatic nitrogens is 1. The molecule has 0 radical (unpaired) electrons. The second kappa shape index (κ2) is 10.5. The molecule has 1 aromatic carbocycles. The number of benzene rings is 1. The van der Waals surface area contributed by atoms with E-state index in [1.165, 1.54) is 7.05 Å². The van der Waals surface area contributed by atoms with E-state index >= 15 is 0 Å². The van der Waals surface area contributed by atoms with Crippen LogP contribution >= 0.6 is 36.4 Å². The molecule has 0 spiro atoms. The van der Waals surface area contributed by atoms with Crippen LogP contribution in [-0.2, 0) is 0 Å². The highest BCUT2D eigenvalue weighted by atomic mass is 35.5. The average Bonchev–Trinajstić information content (AvgIpc) is 2.94. The van der Waals surface area contributed by atoms with Crippen LogP contribution in [0.3, 0.4) is 0 Å². The summed E-state index contributed by atoms with van der Waals surface area (Å²) in [6.07, 6.45) is 0.903. The number of ether oxygens (including phenoxy) is 1. The Morgan fingerprint density at radius 3 is 2.50 bits per heavy atom. The number of halogens is 3. The van der Waals surface area contributed by atoms with Gasteiger partial charge in [0.1, 0.15) is 11.4 Å². The fourth-order valence-electron chi connectivity index (χ4n) is 2.23. The highest BCUT2D eigenvalue weighted by Gasteiger charge is 2.17. The molecule has 7 nitrogen and oxygen atoms in total. The number of amides is 1. The number of carbonyl (C=O) groups excluding carboxylic acids is 1. The van der Waals surface area contributed by atoms with Gasteiger partial charge in [-0.05, 0) is 32.6 Å². The Morgan fingerprint density at radius 1 is 1.27 bits per heavy atom. The van der Waals surface area contributed by atoms with Crippen molar-refractivity contribution in [1.82, 2.24) is 14.8 Å². The van der Waals surface area contributed by atoms with Gasteiger partial charge in [0, 0.05) is 25.0 Å². The maximum atomic E-state index is 12.2. The van der Waals surface area contributed by atoms with Crippen LogP contribution in [0.4, 0.5) is 0 Å². The lowest BCUT2D eigenvalue weighted by atomic mass is 10.2. The van der Waals surface area contributed by atoms with Crippen molar-refractivity contribution < 1.29 is 9.53 Å². The molecule has 0 atom stereocenters. The van der Waals surface area contributed by atoms with E-state index in [0.29, 0.717) is 28.6 Å². The third-order valence-corrected chi connectivity index (χ3v) is 3.89. The van der Waals surface area contributed by atoms with Crippen LogP contribution in [0.2, 0.25) is 5.02 Å². The fourth-order valence-corrected chi connectivity index (χ4v) is 2.49. The van der Waals surface area contributed by atoms with Crippen LogP contribution in [0.1, 0.15) is 16.9 Å². The predicted molar refractivity (Wildman–Crippen MR) is 110 cm³/mol. The van der Waals surface area contributed by atoms with Crippen LogP contribution in [-0.4, -0.2) is 60.9 Å². The molecule has 1 amide bonds. The number of nitrogens with two attached hydrogens (primary N) is 1. The minimum absolute atomic E-state index is 0. The van der Waals surface area contributed by atoms with Crippen molar-refractivity contribution in [3.63, 3.8) is 0 Å². The van der Waals surface area contributed by atoms with E-state index in [1.54, 1.807) is 18.2 Å². The summed E-state index contributed by atoms with van der Waals surface area (Å²) in [5.74, 6) is -0.0788. The molecule has 0 unspecified atom stereocenters. The van der Waals surface area contributed by atoms with Crippen molar-refractivity contribution in [3.8, 4) is 5.75 Å². The molecule has 4 N–H and O–H groups in total. The Kier molecular flexibility index (Phi) is 9.80. The topological polar surface area (TPSA) is 98.4 Å². The second-order valence-electron chi connectivity index (χ2n) is 5.80. The monoisotopic (exact) mass is 423 g/mol. The first-order valence-electron chi connectivity index (χ1n) is 7.51. The Morgan fingerprint density at radius 2 is 1.92 bits per heavy atom. The molecule has 0 bridgehead atoms. The van der Waals surface area contributed by atoms with Gasteiger partial charge in [0.05, 0.1) is 17.1 Å². The summed E-state index contributed by atoms with van der Waals surface area (Å²) in [6.45, 7) is 1.52. The second-order valence-corrected chi connectivity index (χ2v) is 6.21. The standard InChI is InChI=1S/C16H22ClN5O2.2ClH/c1-21(2)5-4-6-24-10-7-12(17)11-9-14(20-13(11)8-10)15(23)22(3)16(18)19;;/h7-9,20H,4-6H2,1-3H3,(H3,18,19);2*1H. The number of nitrogens with one attached hydrogen (secondary N) is 2. The molecule has 0 aliphatic heterocycles. The minimum Gasteiger partial charge on any atom is -0.493 e. The molecule has 0 saturated carbocycles. The first kappa shape index (κ1) is 24.3. The maximum Gasteiger partial charge on any atom is 0.276 e. The zero-order valence-corrected chi connectivity index (χ0v) is 17.2. The van der Waals surface area contributed by atoms with Gasteiger partial charge in [-0.1, -0.05) is 11.6 Å². The van der Waals surface area contributed by atoms with Crippen molar-refractivity contribution in [2.75, 3.05) is 34.3 Å². The van der Waals surface area contributed by atoms with E-state index < -0.39 is 5.91 Å². The molecule has 1 aromatic heterocycles. The summed E-state index contributed by atoms with van der Waals surface area (Å²) < 4.78 is 5.72. The highest BCUT2D eigenvalue weighted by Crippen LogP contribution is 2.30. The molecule has 1 heterocycles. The van der Waals surface area contributed by atoms with Gasteiger partial charge < -0.3 is 20.4 Å². The maximum absolute atomic E-state index is 12.2. The van der Waals surface area contributed by atoms with Crippen molar-refractivity contribution in [1.29, 1.82) is 5.41 Å². The number of aromatic amines is 1. The third kappa shape index (κ3) is 5.95. The SMILES string of the molecule is CN(C)CCCOc1cc(Cl)c2cc(C(=O)N(C)C(=N)N)[nH]c2c1.Cl.Cl. The van der Waals surface area contributed by atoms with Gasteiger partial charge in [0.2, 0.25) is 0 Å². The van der Waals surface area contributed by atoms with Crippen LogP contribution in [0.25, 0.3) is 10.9 Å². The highest BCUT2D eigenvalue weighted by molar-refractivity contribution is 6.35. The molecule has 0 aliphatic rings. The van der Waals surface area contributed by atoms with Gasteiger partial charge in [-0.2, -0.15) is 0 Å². The molecule has 0 saturated heterocycles. The Labute approximate surface area is 170 Å². The number of hydrogen-bond acceptors (Lipinski definition) is 4. The molecular weight excluding hydrogens is 401 g/mol. The van der Waals surface area contributed by atoms with E-state index in [-0.39, 0.29) is 30.8 Å². The Hall–Kier alpha value is -1.67. The molecule has 2 aromatic rings. The lowest BCUT2D eigenvalue weighted by Gasteiger charge is -2.12. The van der Waals surface area contributed by atoms with E-state index in [0.717, 1.165) is 23.3 Å². The number of hydrogen-bond donors (Lipinski definition) is 3. The van der Waals surface area contributed by atoms with Crippen LogP contribution in [0.5, 0.6) is 5.75 Å². The van der Waals surface area contributed by atoms with E-state index in [1.807, 2.05) is 14.1 Å². The van der Waals surface area contributed by atoms with E-state index in [2.05, 4.69) is 9.88 Å². The molecular formula is C16H24Cl3N5O2. The predicted octanol–water partition coefficient (Wildman–Crippen LogP) is 2.96. The third-order valence-electron chi connectivity index (χ3n) is 3.58. The summed E-state index contributed by atoms with van der Waals surface area (Å²) in [5.41, 5.74) is 6.35. The van der Waals surface area contributed by atoms with E-state index in [9.17, 15) is 4.79 Å². The van der Waals surface area contributed by atoms with Gasteiger partial charge in [0.15, 0.2) is 5.96 Å². The Bertz CT molecular complexity index is 764. The van der Waals surface area contributed by atoms with Crippen molar-refractivity contribution >= 4 is 59.2 Å². The molecule has 0 aliphatic carbocycles. The van der Waals surface area contributed by atoms with Crippen molar-refractivity contribution in [2.24, 2.45) is 5.73 Å². The molecule has 146 valence electrons. The van der Waals surface area contributed by atoms with Gasteiger partial charge in [-0.15, -0.1) is 24.8 Å². The number of fused-ring (bicyclic) bond motifs is 1. The zero-order chi connectivity index (χ0) is 17.9. The zero-order valence-electron chi connectivity index (χ0n) is 14.8. The van der Waals surface area contributed by atoms with Gasteiger partial charge in [0.25, 0.3) is 5.91 Å². The fraction of sp³-hybridized carbons (Fsp3) is 0.375. The average molecular weight is 425 g/mol. The van der Waals surface area contributed by atoms with Gasteiger partial charge in [-0.3, -0.25) is 15.1 Å². The van der Waals surface area contributed by atoms with Crippen molar-refractivity contribution in [3.05, 3.63) is 28.9 Å². The summed E-state index contributed by atoms with van der Waals surface area (Å²) in [7, 11) is 5.47. The number of carbonyl (C=O) groups is 1. The molecule has 0 fully saturated rings. The smallest absolute Gasteiger partial charge is 0.276 e. The first-order chi connectivity index (χ1) is 11.3. The minimum atomic E-state index is -0.400. The quantitative estimate of drug-likeness (QED) is 0.377. The normalized spacial score (nSPS) is 10.2. The summed E-state index contributed by atoms with van der Waals surface area (Å²) >= 11 is 6.29. The molecule has 10 heteroatoms. The van der Waals surface area contributed by atoms with Gasteiger partial charge in [-0.25, -0.2) is 0 Å². The summed E-state index contributed by atoms with van der Waals surface area (Å²) in [6, 6.07) is 5.19. The first-order valence-corrected chi connectivity index (χ1v) is 7.89. The molecule has 2 rings (SSSR count). The number of H-pyrrole nitrogens is 1. The summed E-state index contributed by atoms with van der Waals surface area (Å²) in [4.78, 5) is 18.4. The molecule has 26 heavy (non-hydrogen) atoms. The van der Waals surface area contributed by atoms with Crippen LogP contribution < -0.4 is 10.5 Å². The Balaban J connectivity index is 0.00000312. The van der Waals surface area contributed by atoms with Crippen molar-refractivity contribution in [2.45, 2.75) is 6.42 Å². The van der Waals surface area contributed by atoms with Crippen LogP contribution in [0.15, 0.2) is 18.2 Å².